The van der Waals surface area contributed by atoms with Crippen molar-refractivity contribution in [3.05, 3.63) is 34.3 Å². The number of aliphatic hydroxyl groups excluding tert-OH is 1. The summed E-state index contributed by atoms with van der Waals surface area (Å²) >= 11 is 6.14. The summed E-state index contributed by atoms with van der Waals surface area (Å²) in [6.07, 6.45) is 2.95. The lowest BCUT2D eigenvalue weighted by atomic mass is 9.84. The SMILES string of the molecule is CC(C)C[C@H]1C(=O)N[C@@H](CO)C(=O)N(C)[C@@H](C)C(=O)N2CC[C@H]2C(=O)N(C)[C@@H](CC2CCCCC2)C(=O)N(C)CC(=O)N[C@@H](CCc2ccc(C(F)(F)F)c(Cl)c2)C(=O)N2CCC[C@H]2C(=O)NC2(CCCC2)C(=O)N(C)[C@@H](C(C)C)C(=O)N(C)[C@H](C(=O)N2CCCCC2)CC(=O)N1C. The van der Waals surface area contributed by atoms with Crippen LogP contribution >= 0.6 is 11.6 Å². The van der Waals surface area contributed by atoms with Gasteiger partial charge in [0.1, 0.15) is 59.9 Å². The highest BCUT2D eigenvalue weighted by Gasteiger charge is 2.51. The maximum absolute atomic E-state index is 15.4. The van der Waals surface area contributed by atoms with Crippen LogP contribution in [0.5, 0.6) is 0 Å². The van der Waals surface area contributed by atoms with E-state index in [0.717, 1.165) is 70.3 Å². The van der Waals surface area contributed by atoms with Crippen LogP contribution in [0.4, 0.5) is 13.2 Å². The number of hydrogen-bond donors (Lipinski definition) is 4. The quantitative estimate of drug-likeness (QED) is 0.258. The van der Waals surface area contributed by atoms with Crippen LogP contribution in [0, 0.1) is 17.8 Å². The first-order chi connectivity index (χ1) is 46.1. The van der Waals surface area contributed by atoms with Crippen molar-refractivity contribution in [1.29, 1.82) is 0 Å². The number of piperidine rings is 1. The van der Waals surface area contributed by atoms with Crippen LogP contribution in [-0.2, 0) is 70.1 Å². The molecule has 4 N–H and O–H groups in total. The maximum Gasteiger partial charge on any atom is 0.417 e. The number of likely N-dealkylation sites (tertiary alicyclic amines) is 1. The van der Waals surface area contributed by atoms with Crippen LogP contribution in [0.25, 0.3) is 0 Å². The Hall–Kier alpha value is -7.10. The van der Waals surface area contributed by atoms with Gasteiger partial charge in [-0.25, -0.2) is 0 Å². The van der Waals surface area contributed by atoms with E-state index in [0.29, 0.717) is 50.8 Å². The molecule has 29 heteroatoms. The van der Waals surface area contributed by atoms with E-state index in [1.54, 1.807) is 18.7 Å². The number of amides is 12. The summed E-state index contributed by atoms with van der Waals surface area (Å²) in [5.74, 6) is -9.25. The van der Waals surface area contributed by atoms with Crippen molar-refractivity contribution < 1.29 is 75.8 Å². The van der Waals surface area contributed by atoms with Crippen molar-refractivity contribution in [2.45, 2.75) is 229 Å². The average Bonchev–Trinajstić information content (AvgIpc) is 1.49. The molecule has 6 aliphatic rings. The molecular weight excluding hydrogens is 1300 g/mol. The molecule has 9 atom stereocenters. The largest absolute Gasteiger partial charge is 0.417 e. The summed E-state index contributed by atoms with van der Waals surface area (Å²) in [6, 6.07) is -8.64. The fraction of sp³-hybridized carbons (Fsp3) is 0.739. The third-order valence-corrected chi connectivity index (χ3v) is 21.5. The number of hydrogen-bond acceptors (Lipinski definition) is 13. The summed E-state index contributed by atoms with van der Waals surface area (Å²) in [7, 11) is 8.29. The predicted molar refractivity (Wildman–Crippen MR) is 357 cm³/mol. The minimum absolute atomic E-state index is 0.00531. The van der Waals surface area contributed by atoms with Gasteiger partial charge in [-0.2, -0.15) is 13.2 Å². The van der Waals surface area contributed by atoms with Gasteiger partial charge in [-0.3, -0.25) is 57.5 Å². The molecule has 2 aliphatic carbocycles. The molecule has 1 aromatic rings. The standard InChI is InChI=1S/C69H104ClF3N12O13/c1-41(2)35-52-58(89)75-49(40-86)61(92)78(7)43(5)60(91)85-34-28-51(85)64(95)80(9)53(37-44-21-14-12-15-22-44)63(94)77(6)39-55(87)74-48(27-25-45-24-26-46(47(70)36-45)69(71,72)73)62(93)84-33-20-23-50(84)59(90)76-68(29-16-17-30-68)67(98)82(11)57(42(3)4)66(97)81(10)54(38-56(88)79(52)8)65(96)83-31-18-13-19-32-83/h24,26,36,41-44,48-54,57,86H,12-23,25,27-35,37-40H2,1-11H3,(H,74,87)(H,75,89)(H,76,90)/t43-,48-,49-,50-,51-,52-,53-,54-,57-/m0/s1. The van der Waals surface area contributed by atoms with Crippen molar-refractivity contribution in [2.75, 3.05) is 81.6 Å². The summed E-state index contributed by atoms with van der Waals surface area (Å²) in [5.41, 5.74) is -2.38. The minimum atomic E-state index is -4.76. The highest BCUT2D eigenvalue weighted by atomic mass is 35.5. The fourth-order valence-corrected chi connectivity index (χ4v) is 15.4. The molecule has 1 aromatic carbocycles. The molecule has 0 radical (unpaired) electrons. The monoisotopic (exact) mass is 1400 g/mol. The molecule has 4 saturated heterocycles. The molecule has 12 amide bonds. The molecule has 1 spiro atoms. The Morgan fingerprint density at radius 3 is 1.86 bits per heavy atom. The smallest absolute Gasteiger partial charge is 0.394 e. The number of nitrogens with zero attached hydrogens (tertiary/aromatic N) is 9. The summed E-state index contributed by atoms with van der Waals surface area (Å²) in [4.78, 5) is 189. The van der Waals surface area contributed by atoms with Gasteiger partial charge in [-0.15, -0.1) is 0 Å². The van der Waals surface area contributed by atoms with E-state index in [-0.39, 0.29) is 76.3 Å². The number of aryl methyl sites for hydroxylation is 1. The molecule has 0 aromatic heterocycles. The Bertz CT molecular complexity index is 3100. The van der Waals surface area contributed by atoms with Crippen LogP contribution in [0.1, 0.15) is 168 Å². The predicted octanol–water partition coefficient (Wildman–Crippen LogP) is 3.98. The highest BCUT2D eigenvalue weighted by Crippen LogP contribution is 2.37. The first kappa shape index (κ1) is 78.2. The van der Waals surface area contributed by atoms with Crippen LogP contribution in [0.15, 0.2) is 18.2 Å². The van der Waals surface area contributed by atoms with Crippen molar-refractivity contribution in [2.24, 2.45) is 17.8 Å². The number of aliphatic hydroxyl groups is 1. The Morgan fingerprint density at radius 1 is 0.643 bits per heavy atom. The third-order valence-electron chi connectivity index (χ3n) is 21.2. The summed E-state index contributed by atoms with van der Waals surface area (Å²) in [6.45, 7) is 7.72. The molecular formula is C69H104ClF3N12O13. The first-order valence-electron chi connectivity index (χ1n) is 35.0. The van der Waals surface area contributed by atoms with Gasteiger partial charge in [0.15, 0.2) is 0 Å². The average molecular weight is 1400 g/mol. The summed E-state index contributed by atoms with van der Waals surface area (Å²) < 4.78 is 41.5. The zero-order chi connectivity index (χ0) is 72.4. The van der Waals surface area contributed by atoms with E-state index in [2.05, 4.69) is 16.0 Å². The van der Waals surface area contributed by atoms with Gasteiger partial charge in [-0.05, 0) is 119 Å². The third kappa shape index (κ3) is 18.3. The molecule has 546 valence electrons. The molecule has 6 fully saturated rings. The normalized spacial score (nSPS) is 27.8. The Kier molecular flexibility index (Phi) is 27.0. The second kappa shape index (κ2) is 33.8. The topological polar surface area (TPSA) is 290 Å². The van der Waals surface area contributed by atoms with E-state index < -0.39 is 173 Å². The van der Waals surface area contributed by atoms with Gasteiger partial charge in [-0.1, -0.05) is 90.3 Å². The molecule has 4 heterocycles. The van der Waals surface area contributed by atoms with Gasteiger partial charge in [0.2, 0.25) is 70.9 Å². The lowest BCUT2D eigenvalue weighted by Crippen LogP contribution is -2.65. The number of rotatable bonds is 10. The lowest BCUT2D eigenvalue weighted by Gasteiger charge is -2.45. The van der Waals surface area contributed by atoms with Crippen LogP contribution < -0.4 is 16.0 Å². The van der Waals surface area contributed by atoms with Gasteiger partial charge < -0.3 is 65.2 Å². The van der Waals surface area contributed by atoms with Crippen LogP contribution in [0.2, 0.25) is 5.02 Å². The molecule has 4 aliphatic heterocycles. The van der Waals surface area contributed by atoms with E-state index >= 15 is 14.4 Å². The Labute approximate surface area is 578 Å². The van der Waals surface area contributed by atoms with Crippen molar-refractivity contribution in [1.82, 2.24) is 60.0 Å². The number of nitrogens with one attached hydrogen (secondary N) is 3. The number of carbonyl (C=O) groups is 12. The van der Waals surface area contributed by atoms with Gasteiger partial charge in [0.05, 0.1) is 30.2 Å². The van der Waals surface area contributed by atoms with E-state index in [1.165, 1.54) is 74.9 Å². The Balaban J connectivity index is 1.27. The highest BCUT2D eigenvalue weighted by molar-refractivity contribution is 6.31. The van der Waals surface area contributed by atoms with Crippen molar-refractivity contribution in [3.8, 4) is 0 Å². The number of benzene rings is 1. The van der Waals surface area contributed by atoms with Crippen molar-refractivity contribution in [3.63, 3.8) is 0 Å². The second-order valence-electron chi connectivity index (χ2n) is 28.9. The van der Waals surface area contributed by atoms with E-state index in [4.69, 9.17) is 11.6 Å². The number of fused-ring (bicyclic) bond motifs is 2. The molecule has 0 bridgehead atoms. The lowest BCUT2D eigenvalue weighted by molar-refractivity contribution is -0.160. The number of carbonyl (C=O) groups excluding carboxylic acids is 12. The van der Waals surface area contributed by atoms with Gasteiger partial charge in [0.25, 0.3) is 0 Å². The molecule has 98 heavy (non-hydrogen) atoms. The molecule has 7 rings (SSSR count). The zero-order valence-electron chi connectivity index (χ0n) is 58.9. The fourth-order valence-electron chi connectivity index (χ4n) is 15.1. The van der Waals surface area contributed by atoms with E-state index in [1.807, 2.05) is 13.8 Å². The zero-order valence-corrected chi connectivity index (χ0v) is 59.7. The van der Waals surface area contributed by atoms with Gasteiger partial charge in [0, 0.05) is 68.5 Å². The van der Waals surface area contributed by atoms with Crippen molar-refractivity contribution >= 4 is 82.5 Å². The van der Waals surface area contributed by atoms with Crippen LogP contribution in [0.3, 0.4) is 0 Å². The molecule has 2 saturated carbocycles. The number of alkyl halides is 3. The molecule has 25 nitrogen and oxygen atoms in total. The van der Waals surface area contributed by atoms with Crippen LogP contribution in [-0.4, -0.2) is 262 Å². The minimum Gasteiger partial charge on any atom is -0.394 e. The Morgan fingerprint density at radius 2 is 1.28 bits per heavy atom. The van der Waals surface area contributed by atoms with E-state index in [9.17, 15) is 61.4 Å². The summed E-state index contributed by atoms with van der Waals surface area (Å²) in [5, 5.41) is 18.5. The van der Waals surface area contributed by atoms with Gasteiger partial charge >= 0.3 is 6.18 Å². The first-order valence-corrected chi connectivity index (χ1v) is 35.4. The maximum atomic E-state index is 15.4. The number of likely N-dealkylation sites (N-methyl/N-ethyl adjacent to an activating group) is 6. The second-order valence-corrected chi connectivity index (χ2v) is 29.3. The molecule has 0 unspecified atom stereocenters. The number of halogens is 4.